The van der Waals surface area contributed by atoms with Gasteiger partial charge in [0.1, 0.15) is 0 Å². The van der Waals surface area contributed by atoms with E-state index in [9.17, 15) is 13.2 Å². The summed E-state index contributed by atoms with van der Waals surface area (Å²) in [6.07, 6.45) is 1.60. The lowest BCUT2D eigenvalue weighted by molar-refractivity contribution is 0.237. The van der Waals surface area contributed by atoms with Crippen molar-refractivity contribution in [3.8, 4) is 0 Å². The van der Waals surface area contributed by atoms with Gasteiger partial charge in [-0.1, -0.05) is 18.2 Å². The normalized spacial score (nSPS) is 15.4. The second-order valence-corrected chi connectivity index (χ2v) is 8.34. The van der Waals surface area contributed by atoms with E-state index >= 15 is 0 Å². The average molecular weight is 358 g/mol. The number of rotatable bonds is 3. The van der Waals surface area contributed by atoms with Crippen molar-refractivity contribution < 1.29 is 8.42 Å². The molecule has 0 unspecified atom stereocenters. The summed E-state index contributed by atoms with van der Waals surface area (Å²) >= 11 is 0. The maximum atomic E-state index is 12.1. The zero-order valence-corrected chi connectivity index (χ0v) is 14.6. The molecule has 0 bridgehead atoms. The van der Waals surface area contributed by atoms with Crippen LogP contribution in [0.3, 0.4) is 0 Å². The molecule has 1 aliphatic rings. The maximum Gasteiger partial charge on any atom is 0.255 e. The van der Waals surface area contributed by atoms with Crippen molar-refractivity contribution in [3.05, 3.63) is 57.6 Å². The quantitative estimate of drug-likeness (QED) is 0.686. The zero-order chi connectivity index (χ0) is 17.6. The molecule has 0 spiro atoms. The molecule has 2 aromatic heterocycles. The molecule has 1 aliphatic heterocycles. The average Bonchev–Trinajstić information content (AvgIpc) is 2.95. The Hall–Kier alpha value is -2.45. The lowest BCUT2D eigenvalue weighted by atomic mass is 10.1. The third-order valence-electron chi connectivity index (χ3n) is 4.46. The van der Waals surface area contributed by atoms with Crippen molar-refractivity contribution in [3.63, 3.8) is 0 Å². The van der Waals surface area contributed by atoms with Crippen molar-refractivity contribution in [2.75, 3.05) is 12.8 Å². The zero-order valence-electron chi connectivity index (χ0n) is 13.7. The number of nitrogens with one attached hydrogen (secondary N) is 2. The van der Waals surface area contributed by atoms with Gasteiger partial charge in [-0.25, -0.2) is 13.4 Å². The molecule has 130 valence electrons. The van der Waals surface area contributed by atoms with Crippen LogP contribution in [0.25, 0.3) is 10.9 Å². The number of para-hydroxylation sites is 1. The Bertz CT molecular complexity index is 1080. The first-order valence-electron chi connectivity index (χ1n) is 8.01. The maximum absolute atomic E-state index is 12.1. The third-order valence-corrected chi connectivity index (χ3v) is 5.36. The van der Waals surface area contributed by atoms with Gasteiger partial charge >= 0.3 is 0 Å². The fourth-order valence-electron chi connectivity index (χ4n) is 3.24. The van der Waals surface area contributed by atoms with E-state index in [-0.39, 0.29) is 10.7 Å². The van der Waals surface area contributed by atoms with Crippen molar-refractivity contribution >= 4 is 20.7 Å². The van der Waals surface area contributed by atoms with E-state index in [0.29, 0.717) is 30.8 Å². The van der Waals surface area contributed by atoms with E-state index < -0.39 is 9.84 Å². The first kappa shape index (κ1) is 16.0. The van der Waals surface area contributed by atoms with Crippen LogP contribution in [0.15, 0.2) is 40.3 Å². The summed E-state index contributed by atoms with van der Waals surface area (Å²) in [5.41, 5.74) is 2.95. The highest BCUT2D eigenvalue weighted by Gasteiger charge is 2.23. The summed E-state index contributed by atoms with van der Waals surface area (Å²) in [4.78, 5) is 24.2. The molecule has 3 aromatic rings. The Balaban J connectivity index is 1.61. The first-order valence-corrected chi connectivity index (χ1v) is 9.90. The number of aromatic nitrogens is 3. The number of hydrogen-bond donors (Lipinski definition) is 2. The molecular weight excluding hydrogens is 340 g/mol. The minimum absolute atomic E-state index is 0.260. The molecule has 0 saturated carbocycles. The van der Waals surface area contributed by atoms with Crippen LogP contribution in [-0.4, -0.2) is 41.1 Å². The van der Waals surface area contributed by atoms with Gasteiger partial charge in [-0.05, 0) is 23.9 Å². The van der Waals surface area contributed by atoms with E-state index in [1.54, 1.807) is 0 Å². The highest BCUT2D eigenvalue weighted by molar-refractivity contribution is 7.90. The van der Waals surface area contributed by atoms with Gasteiger partial charge in [0.15, 0.2) is 0 Å². The lowest BCUT2D eigenvalue weighted by Gasteiger charge is -2.27. The molecule has 7 nitrogen and oxygen atoms in total. The number of hydrogen-bond acceptors (Lipinski definition) is 5. The van der Waals surface area contributed by atoms with Gasteiger partial charge in [0.25, 0.3) is 5.56 Å². The fraction of sp³-hybridized carbons (Fsp3) is 0.294. The van der Waals surface area contributed by atoms with Crippen LogP contribution in [0.5, 0.6) is 0 Å². The minimum atomic E-state index is -3.54. The minimum Gasteiger partial charge on any atom is -0.357 e. The molecule has 2 N–H and O–H groups in total. The SMILES string of the molecule is CS(=O)(=O)c1nc2c(c(=O)[nH]1)CCN(Cc1cc3ccccc3[nH]1)C2. The Morgan fingerprint density at radius 3 is 2.80 bits per heavy atom. The van der Waals surface area contributed by atoms with Gasteiger partial charge in [0.05, 0.1) is 5.69 Å². The van der Waals surface area contributed by atoms with Gasteiger partial charge in [-0.15, -0.1) is 0 Å². The van der Waals surface area contributed by atoms with E-state index in [4.69, 9.17) is 0 Å². The molecule has 4 rings (SSSR count). The monoisotopic (exact) mass is 358 g/mol. The molecule has 8 heteroatoms. The number of H-pyrrole nitrogens is 2. The number of benzene rings is 1. The lowest BCUT2D eigenvalue weighted by Crippen LogP contribution is -2.35. The smallest absolute Gasteiger partial charge is 0.255 e. The Morgan fingerprint density at radius 1 is 1.24 bits per heavy atom. The van der Waals surface area contributed by atoms with Crippen LogP contribution in [-0.2, 0) is 29.3 Å². The Morgan fingerprint density at radius 2 is 2.04 bits per heavy atom. The summed E-state index contributed by atoms with van der Waals surface area (Å²) in [5.74, 6) is 0. The third kappa shape index (κ3) is 3.10. The number of nitrogens with zero attached hydrogens (tertiary/aromatic N) is 2. The molecule has 0 atom stereocenters. The van der Waals surface area contributed by atoms with Gasteiger partial charge in [0, 0.05) is 42.7 Å². The largest absolute Gasteiger partial charge is 0.357 e. The van der Waals surface area contributed by atoms with E-state index in [0.717, 1.165) is 29.4 Å². The molecular formula is C17H18N4O3S. The van der Waals surface area contributed by atoms with Crippen LogP contribution in [0.4, 0.5) is 0 Å². The molecule has 0 fully saturated rings. The van der Waals surface area contributed by atoms with Gasteiger partial charge < -0.3 is 4.98 Å². The number of fused-ring (bicyclic) bond motifs is 2. The van der Waals surface area contributed by atoms with E-state index in [1.165, 1.54) is 0 Å². The Kier molecular flexibility index (Phi) is 3.73. The van der Waals surface area contributed by atoms with Crippen molar-refractivity contribution in [1.29, 1.82) is 0 Å². The van der Waals surface area contributed by atoms with Gasteiger partial charge in [0.2, 0.25) is 15.0 Å². The van der Waals surface area contributed by atoms with Gasteiger partial charge in [-0.3, -0.25) is 14.7 Å². The van der Waals surface area contributed by atoms with Crippen LogP contribution in [0.1, 0.15) is 17.0 Å². The van der Waals surface area contributed by atoms with Crippen LogP contribution in [0, 0.1) is 0 Å². The predicted octanol–water partition coefficient (Wildman–Crippen LogP) is 1.21. The van der Waals surface area contributed by atoms with Gasteiger partial charge in [-0.2, -0.15) is 0 Å². The highest BCUT2D eigenvalue weighted by atomic mass is 32.2. The molecule has 0 saturated heterocycles. The summed E-state index contributed by atoms with van der Waals surface area (Å²) in [5, 5.41) is 0.896. The summed E-state index contributed by atoms with van der Waals surface area (Å²) in [6.45, 7) is 1.87. The number of sulfone groups is 1. The van der Waals surface area contributed by atoms with Crippen molar-refractivity contribution in [2.24, 2.45) is 0 Å². The standard InChI is InChI=1S/C17H18N4O3S/c1-25(23,24)17-19-15-10-21(7-6-13(15)16(22)20-17)9-12-8-11-4-2-3-5-14(11)18-12/h2-5,8,18H,6-7,9-10H2,1H3,(H,19,20,22). The molecule has 0 amide bonds. The summed E-state index contributed by atoms with van der Waals surface area (Å²) < 4.78 is 23.4. The number of aromatic amines is 2. The summed E-state index contributed by atoms with van der Waals surface area (Å²) in [7, 11) is -3.54. The molecule has 3 heterocycles. The van der Waals surface area contributed by atoms with Crippen LogP contribution >= 0.6 is 0 Å². The molecule has 25 heavy (non-hydrogen) atoms. The second kappa shape index (κ2) is 5.82. The van der Waals surface area contributed by atoms with E-state index in [1.807, 2.05) is 18.2 Å². The molecule has 1 aromatic carbocycles. The van der Waals surface area contributed by atoms with Crippen LogP contribution in [0.2, 0.25) is 0 Å². The van der Waals surface area contributed by atoms with Crippen molar-refractivity contribution in [2.45, 2.75) is 24.7 Å². The van der Waals surface area contributed by atoms with E-state index in [2.05, 4.69) is 32.0 Å². The first-order chi connectivity index (χ1) is 11.9. The summed E-state index contributed by atoms with van der Waals surface area (Å²) in [6, 6.07) is 10.2. The Labute approximate surface area is 144 Å². The second-order valence-electron chi connectivity index (χ2n) is 6.41. The van der Waals surface area contributed by atoms with Crippen molar-refractivity contribution in [1.82, 2.24) is 19.9 Å². The predicted molar refractivity (Wildman–Crippen MR) is 94.1 cm³/mol. The highest BCUT2D eigenvalue weighted by Crippen LogP contribution is 2.20. The van der Waals surface area contributed by atoms with Crippen LogP contribution < -0.4 is 5.56 Å². The topological polar surface area (TPSA) is 98.9 Å². The molecule has 0 radical (unpaired) electrons. The molecule has 0 aliphatic carbocycles. The fourth-order valence-corrected chi connectivity index (χ4v) is 3.80.